The fourth-order valence-corrected chi connectivity index (χ4v) is 3.44. The third kappa shape index (κ3) is 2.71. The van der Waals surface area contributed by atoms with E-state index in [9.17, 15) is 4.79 Å². The van der Waals surface area contributed by atoms with E-state index in [2.05, 4.69) is 26.1 Å². The van der Waals surface area contributed by atoms with Crippen molar-refractivity contribution in [2.24, 2.45) is 17.1 Å². The molecule has 104 valence electrons. The topological polar surface area (TPSA) is 55.1 Å². The third-order valence-corrected chi connectivity index (χ3v) is 4.89. The van der Waals surface area contributed by atoms with Crippen LogP contribution in [0, 0.1) is 11.3 Å². The number of amides is 1. The summed E-state index contributed by atoms with van der Waals surface area (Å²) in [5, 5.41) is 3.25. The van der Waals surface area contributed by atoms with E-state index < -0.39 is 5.54 Å². The molecule has 3 heteroatoms. The summed E-state index contributed by atoms with van der Waals surface area (Å²) in [6.45, 7) is 6.84. The number of nitrogens with two attached hydrogens (primary N) is 1. The van der Waals surface area contributed by atoms with Crippen molar-refractivity contribution in [3.8, 4) is 0 Å². The Kier molecular flexibility index (Phi) is 3.72. The average molecular weight is 252 g/mol. The van der Waals surface area contributed by atoms with Crippen molar-refractivity contribution in [1.29, 1.82) is 0 Å². The molecule has 0 aromatic carbocycles. The van der Waals surface area contributed by atoms with Gasteiger partial charge < -0.3 is 11.1 Å². The molecule has 1 amide bonds. The monoisotopic (exact) mass is 252 g/mol. The molecule has 0 bridgehead atoms. The van der Waals surface area contributed by atoms with Crippen molar-refractivity contribution in [1.82, 2.24) is 5.32 Å². The molecule has 2 atom stereocenters. The molecular formula is C15H28N2O. The maximum Gasteiger partial charge on any atom is 0.240 e. The van der Waals surface area contributed by atoms with Crippen LogP contribution in [0.1, 0.15) is 65.7 Å². The predicted octanol–water partition coefficient (Wildman–Crippen LogP) is 2.59. The van der Waals surface area contributed by atoms with Crippen molar-refractivity contribution in [2.45, 2.75) is 77.3 Å². The number of nitrogens with one attached hydrogen (secondary N) is 1. The molecule has 3 nitrogen and oxygen atoms in total. The fourth-order valence-electron chi connectivity index (χ4n) is 3.44. The summed E-state index contributed by atoms with van der Waals surface area (Å²) >= 11 is 0. The summed E-state index contributed by atoms with van der Waals surface area (Å²) in [5.74, 6) is 0.675. The smallest absolute Gasteiger partial charge is 0.240 e. The Hall–Kier alpha value is -0.570. The van der Waals surface area contributed by atoms with Gasteiger partial charge in [0, 0.05) is 6.04 Å². The van der Waals surface area contributed by atoms with E-state index in [1.807, 2.05) is 0 Å². The lowest BCUT2D eigenvalue weighted by Gasteiger charge is -2.43. The van der Waals surface area contributed by atoms with Crippen LogP contribution in [0.15, 0.2) is 0 Å². The zero-order valence-electron chi connectivity index (χ0n) is 12.1. The highest BCUT2D eigenvalue weighted by Gasteiger charge is 2.43. The molecule has 2 fully saturated rings. The van der Waals surface area contributed by atoms with Gasteiger partial charge in [-0.2, -0.15) is 0 Å². The Balaban J connectivity index is 1.99. The van der Waals surface area contributed by atoms with Gasteiger partial charge in [-0.1, -0.05) is 33.6 Å². The Morgan fingerprint density at radius 2 is 1.78 bits per heavy atom. The molecule has 0 heterocycles. The van der Waals surface area contributed by atoms with Crippen LogP contribution in [0.5, 0.6) is 0 Å². The first-order valence-corrected chi connectivity index (χ1v) is 7.43. The maximum atomic E-state index is 12.3. The van der Waals surface area contributed by atoms with E-state index >= 15 is 0 Å². The highest BCUT2D eigenvalue weighted by molar-refractivity contribution is 5.87. The van der Waals surface area contributed by atoms with Gasteiger partial charge in [0.15, 0.2) is 0 Å². The third-order valence-electron chi connectivity index (χ3n) is 4.89. The van der Waals surface area contributed by atoms with Crippen molar-refractivity contribution < 1.29 is 4.79 Å². The van der Waals surface area contributed by atoms with Crippen LogP contribution in [-0.4, -0.2) is 17.5 Å². The van der Waals surface area contributed by atoms with Crippen LogP contribution in [0.4, 0.5) is 0 Å². The standard InChI is InChI=1S/C15H28N2O/c1-14(2,3)11-7-4-5-8-12(11)17-13(18)15(16)9-6-10-15/h11-12H,4-10,16H2,1-3H3,(H,17,18). The largest absolute Gasteiger partial charge is 0.351 e. The molecule has 0 radical (unpaired) electrons. The molecule has 2 unspecified atom stereocenters. The van der Waals surface area contributed by atoms with E-state index in [0.29, 0.717) is 12.0 Å². The van der Waals surface area contributed by atoms with E-state index in [-0.39, 0.29) is 11.3 Å². The number of carbonyl (C=O) groups excluding carboxylic acids is 1. The summed E-state index contributed by atoms with van der Waals surface area (Å²) in [4.78, 5) is 12.3. The van der Waals surface area contributed by atoms with Crippen LogP contribution >= 0.6 is 0 Å². The Bertz CT molecular complexity index is 315. The van der Waals surface area contributed by atoms with E-state index in [1.165, 1.54) is 19.3 Å². The highest BCUT2D eigenvalue weighted by Crippen LogP contribution is 2.38. The summed E-state index contributed by atoms with van der Waals surface area (Å²) < 4.78 is 0. The second-order valence-electron chi connectivity index (χ2n) is 7.35. The van der Waals surface area contributed by atoms with Crippen LogP contribution in [-0.2, 0) is 4.79 Å². The van der Waals surface area contributed by atoms with Crippen molar-refractivity contribution in [3.05, 3.63) is 0 Å². The number of rotatable bonds is 2. The number of hydrogen-bond acceptors (Lipinski definition) is 2. The van der Waals surface area contributed by atoms with Gasteiger partial charge >= 0.3 is 0 Å². The quantitative estimate of drug-likeness (QED) is 0.793. The molecular weight excluding hydrogens is 224 g/mol. The molecule has 0 saturated heterocycles. The normalized spacial score (nSPS) is 31.6. The SMILES string of the molecule is CC(C)(C)C1CCCCC1NC(=O)C1(N)CCC1. The lowest BCUT2D eigenvalue weighted by molar-refractivity contribution is -0.131. The Morgan fingerprint density at radius 3 is 2.28 bits per heavy atom. The van der Waals surface area contributed by atoms with Crippen molar-refractivity contribution in [3.63, 3.8) is 0 Å². The first-order valence-electron chi connectivity index (χ1n) is 7.43. The van der Waals surface area contributed by atoms with Crippen LogP contribution in [0.3, 0.4) is 0 Å². The zero-order chi connectivity index (χ0) is 13.4. The van der Waals surface area contributed by atoms with Gasteiger partial charge in [0.05, 0.1) is 5.54 Å². The molecule has 2 rings (SSSR count). The lowest BCUT2D eigenvalue weighted by Crippen LogP contribution is -2.61. The zero-order valence-corrected chi connectivity index (χ0v) is 12.1. The minimum Gasteiger partial charge on any atom is -0.351 e. The van der Waals surface area contributed by atoms with Crippen molar-refractivity contribution in [2.75, 3.05) is 0 Å². The van der Waals surface area contributed by atoms with Gasteiger partial charge in [0.25, 0.3) is 0 Å². The first kappa shape index (κ1) is 13.9. The molecule has 0 aromatic heterocycles. The molecule has 2 aliphatic carbocycles. The average Bonchev–Trinajstić information content (AvgIpc) is 2.25. The molecule has 18 heavy (non-hydrogen) atoms. The maximum absolute atomic E-state index is 12.3. The Morgan fingerprint density at radius 1 is 1.17 bits per heavy atom. The molecule has 0 aromatic rings. The highest BCUT2D eigenvalue weighted by atomic mass is 16.2. The summed E-state index contributed by atoms with van der Waals surface area (Å²) in [5.41, 5.74) is 5.81. The molecule has 0 aliphatic heterocycles. The lowest BCUT2D eigenvalue weighted by atomic mass is 9.69. The second kappa shape index (κ2) is 4.84. The van der Waals surface area contributed by atoms with Crippen molar-refractivity contribution >= 4 is 5.91 Å². The molecule has 2 aliphatic rings. The Labute approximate surface area is 111 Å². The van der Waals surface area contributed by atoms with E-state index in [0.717, 1.165) is 25.7 Å². The first-order chi connectivity index (χ1) is 8.33. The van der Waals surface area contributed by atoms with Gasteiger partial charge in [-0.25, -0.2) is 0 Å². The van der Waals surface area contributed by atoms with Crippen LogP contribution in [0.25, 0.3) is 0 Å². The molecule has 2 saturated carbocycles. The molecule has 0 spiro atoms. The summed E-state index contributed by atoms with van der Waals surface area (Å²) in [6, 6.07) is 0.326. The number of carbonyl (C=O) groups is 1. The predicted molar refractivity (Wildman–Crippen MR) is 74.1 cm³/mol. The van der Waals surface area contributed by atoms with Crippen LogP contribution in [0.2, 0.25) is 0 Å². The second-order valence-corrected chi connectivity index (χ2v) is 7.35. The van der Waals surface area contributed by atoms with E-state index in [4.69, 9.17) is 5.73 Å². The van der Waals surface area contributed by atoms with E-state index in [1.54, 1.807) is 0 Å². The number of hydrogen-bond donors (Lipinski definition) is 2. The van der Waals surface area contributed by atoms with Gasteiger partial charge in [-0.05, 0) is 43.4 Å². The fraction of sp³-hybridized carbons (Fsp3) is 0.933. The molecule has 3 N–H and O–H groups in total. The minimum atomic E-state index is -0.556. The van der Waals surface area contributed by atoms with Gasteiger partial charge in [0.1, 0.15) is 0 Å². The van der Waals surface area contributed by atoms with Gasteiger partial charge in [-0.15, -0.1) is 0 Å². The van der Waals surface area contributed by atoms with Gasteiger partial charge in [-0.3, -0.25) is 4.79 Å². The van der Waals surface area contributed by atoms with Gasteiger partial charge in [0.2, 0.25) is 5.91 Å². The van der Waals surface area contributed by atoms with Crippen LogP contribution < -0.4 is 11.1 Å². The minimum absolute atomic E-state index is 0.0925. The summed E-state index contributed by atoms with van der Waals surface area (Å²) in [7, 11) is 0. The summed E-state index contributed by atoms with van der Waals surface area (Å²) in [6.07, 6.45) is 7.67.